The van der Waals surface area contributed by atoms with Crippen molar-refractivity contribution in [2.45, 2.75) is 46.5 Å². The first-order chi connectivity index (χ1) is 8.11. The molecule has 0 bridgehead atoms. The first-order valence-corrected chi connectivity index (χ1v) is 6.49. The van der Waals surface area contributed by atoms with Crippen molar-refractivity contribution in [3.05, 3.63) is 23.8 Å². The maximum atomic E-state index is 5.40. The van der Waals surface area contributed by atoms with E-state index in [0.29, 0.717) is 12.2 Å². The van der Waals surface area contributed by atoms with Gasteiger partial charge in [0, 0.05) is 0 Å². The van der Waals surface area contributed by atoms with Gasteiger partial charge in [0.2, 0.25) is 6.79 Å². The number of fused-ring (bicyclic) bond motifs is 1. The van der Waals surface area contributed by atoms with Crippen molar-refractivity contribution in [2.75, 3.05) is 6.79 Å². The Balaban J connectivity index is 1.95. The molecule has 0 fully saturated rings. The van der Waals surface area contributed by atoms with E-state index in [1.54, 1.807) is 0 Å². The number of ether oxygens (including phenoxy) is 2. The molecule has 0 amide bonds. The van der Waals surface area contributed by atoms with Gasteiger partial charge < -0.3 is 9.47 Å². The van der Waals surface area contributed by atoms with Gasteiger partial charge in [-0.2, -0.15) is 0 Å². The van der Waals surface area contributed by atoms with E-state index in [1.165, 1.54) is 24.8 Å². The summed E-state index contributed by atoms with van der Waals surface area (Å²) >= 11 is 0. The van der Waals surface area contributed by atoms with Crippen molar-refractivity contribution in [1.82, 2.24) is 0 Å². The van der Waals surface area contributed by atoms with Crippen LogP contribution in [0.15, 0.2) is 18.2 Å². The van der Waals surface area contributed by atoms with Gasteiger partial charge in [-0.15, -0.1) is 0 Å². The smallest absolute Gasteiger partial charge is 0.231 e. The van der Waals surface area contributed by atoms with Gasteiger partial charge in [0.05, 0.1) is 0 Å². The lowest BCUT2D eigenvalue weighted by Gasteiger charge is -2.23. The number of hydrogen-bond donors (Lipinski definition) is 0. The summed E-state index contributed by atoms with van der Waals surface area (Å²) in [6.07, 6.45) is 4.88. The van der Waals surface area contributed by atoms with Crippen molar-refractivity contribution >= 4 is 0 Å². The molecule has 2 rings (SSSR count). The average molecular weight is 234 g/mol. The van der Waals surface area contributed by atoms with Crippen LogP contribution in [0.2, 0.25) is 0 Å². The van der Waals surface area contributed by atoms with Gasteiger partial charge in [0.1, 0.15) is 0 Å². The van der Waals surface area contributed by atoms with Crippen LogP contribution in [0.1, 0.15) is 45.6 Å². The van der Waals surface area contributed by atoms with Gasteiger partial charge in [-0.25, -0.2) is 0 Å². The van der Waals surface area contributed by atoms with E-state index in [0.717, 1.165) is 17.9 Å². The molecule has 1 aliphatic rings. The summed E-state index contributed by atoms with van der Waals surface area (Å²) in [5.41, 5.74) is 1.78. The van der Waals surface area contributed by atoms with Crippen molar-refractivity contribution in [3.8, 4) is 11.5 Å². The molecule has 0 N–H and O–H groups in total. The van der Waals surface area contributed by atoms with E-state index in [1.807, 2.05) is 6.07 Å². The number of benzene rings is 1. The standard InChI is InChI=1S/C15H22O2/c1-4-8-15(2,3)9-7-12-5-6-13-14(10-12)17-11-16-13/h5-6,10H,4,7-9,11H2,1-3H3. The molecule has 0 aromatic heterocycles. The Hall–Kier alpha value is -1.18. The summed E-state index contributed by atoms with van der Waals surface area (Å²) in [4.78, 5) is 0. The predicted molar refractivity (Wildman–Crippen MR) is 69.6 cm³/mol. The minimum Gasteiger partial charge on any atom is -0.454 e. The third-order valence-corrected chi connectivity index (χ3v) is 3.45. The number of rotatable bonds is 5. The van der Waals surface area contributed by atoms with Crippen LogP contribution in [0.3, 0.4) is 0 Å². The van der Waals surface area contributed by atoms with E-state index >= 15 is 0 Å². The zero-order valence-corrected chi connectivity index (χ0v) is 11.1. The first kappa shape index (κ1) is 12.3. The first-order valence-electron chi connectivity index (χ1n) is 6.49. The van der Waals surface area contributed by atoms with Crippen LogP contribution in [0.25, 0.3) is 0 Å². The molecular weight excluding hydrogens is 212 g/mol. The van der Waals surface area contributed by atoms with E-state index in [2.05, 4.69) is 32.9 Å². The second kappa shape index (κ2) is 4.99. The zero-order valence-electron chi connectivity index (χ0n) is 11.1. The Morgan fingerprint density at radius 2 is 1.88 bits per heavy atom. The lowest BCUT2D eigenvalue weighted by atomic mass is 9.82. The molecule has 0 saturated heterocycles. The van der Waals surface area contributed by atoms with Crippen molar-refractivity contribution < 1.29 is 9.47 Å². The summed E-state index contributed by atoms with van der Waals surface area (Å²) < 4.78 is 10.7. The summed E-state index contributed by atoms with van der Waals surface area (Å²) in [6.45, 7) is 7.31. The minimum atomic E-state index is 0.361. The van der Waals surface area contributed by atoms with Crippen LogP contribution >= 0.6 is 0 Å². The highest BCUT2D eigenvalue weighted by Gasteiger charge is 2.18. The van der Waals surface area contributed by atoms with E-state index in [4.69, 9.17) is 9.47 Å². The Bertz CT molecular complexity index is 383. The Kier molecular flexibility index (Phi) is 3.60. The van der Waals surface area contributed by atoms with Crippen LogP contribution in [-0.4, -0.2) is 6.79 Å². The highest BCUT2D eigenvalue weighted by atomic mass is 16.7. The molecule has 0 atom stereocenters. The topological polar surface area (TPSA) is 18.5 Å². The fourth-order valence-corrected chi connectivity index (χ4v) is 2.38. The lowest BCUT2D eigenvalue weighted by Crippen LogP contribution is -2.11. The molecule has 0 aliphatic carbocycles. The molecule has 0 unspecified atom stereocenters. The van der Waals surface area contributed by atoms with E-state index < -0.39 is 0 Å². The molecule has 94 valence electrons. The van der Waals surface area contributed by atoms with Gasteiger partial charge in [-0.3, -0.25) is 0 Å². The molecule has 1 aromatic carbocycles. The second-order valence-electron chi connectivity index (χ2n) is 5.60. The van der Waals surface area contributed by atoms with Gasteiger partial charge in [-0.1, -0.05) is 33.3 Å². The molecule has 2 nitrogen and oxygen atoms in total. The Morgan fingerprint density at radius 1 is 1.12 bits per heavy atom. The molecule has 0 saturated carbocycles. The van der Waals surface area contributed by atoms with Crippen LogP contribution in [0.4, 0.5) is 0 Å². The molecule has 17 heavy (non-hydrogen) atoms. The van der Waals surface area contributed by atoms with Crippen molar-refractivity contribution in [3.63, 3.8) is 0 Å². The number of aryl methyl sites for hydroxylation is 1. The normalized spacial score (nSPS) is 14.1. The van der Waals surface area contributed by atoms with Crippen LogP contribution in [0.5, 0.6) is 11.5 Å². The fraction of sp³-hybridized carbons (Fsp3) is 0.600. The van der Waals surface area contributed by atoms with Gasteiger partial charge in [0.15, 0.2) is 11.5 Å². The largest absolute Gasteiger partial charge is 0.454 e. The lowest BCUT2D eigenvalue weighted by molar-refractivity contribution is 0.174. The molecule has 2 heteroatoms. The monoisotopic (exact) mass is 234 g/mol. The third-order valence-electron chi connectivity index (χ3n) is 3.45. The maximum Gasteiger partial charge on any atom is 0.231 e. The quantitative estimate of drug-likeness (QED) is 0.761. The maximum absolute atomic E-state index is 5.40. The van der Waals surface area contributed by atoms with Crippen LogP contribution < -0.4 is 9.47 Å². The second-order valence-corrected chi connectivity index (χ2v) is 5.60. The van der Waals surface area contributed by atoms with E-state index in [-0.39, 0.29) is 0 Å². The Labute approximate surface area is 104 Å². The van der Waals surface area contributed by atoms with Gasteiger partial charge in [0.25, 0.3) is 0 Å². The van der Waals surface area contributed by atoms with Crippen LogP contribution in [-0.2, 0) is 6.42 Å². The fourth-order valence-electron chi connectivity index (χ4n) is 2.38. The van der Waals surface area contributed by atoms with Crippen LogP contribution in [0, 0.1) is 5.41 Å². The highest BCUT2D eigenvalue weighted by molar-refractivity contribution is 5.44. The zero-order chi connectivity index (χ0) is 12.3. The average Bonchev–Trinajstić information content (AvgIpc) is 2.73. The highest BCUT2D eigenvalue weighted by Crippen LogP contribution is 2.34. The van der Waals surface area contributed by atoms with Crippen molar-refractivity contribution in [1.29, 1.82) is 0 Å². The minimum absolute atomic E-state index is 0.361. The van der Waals surface area contributed by atoms with Gasteiger partial charge >= 0.3 is 0 Å². The van der Waals surface area contributed by atoms with E-state index in [9.17, 15) is 0 Å². The molecule has 1 heterocycles. The molecule has 0 radical (unpaired) electrons. The summed E-state index contributed by atoms with van der Waals surface area (Å²) in [7, 11) is 0. The van der Waals surface area contributed by atoms with Gasteiger partial charge in [-0.05, 0) is 42.4 Å². The summed E-state index contributed by atoms with van der Waals surface area (Å²) in [5.74, 6) is 1.78. The molecular formula is C15H22O2. The third kappa shape index (κ3) is 3.15. The Morgan fingerprint density at radius 3 is 2.65 bits per heavy atom. The van der Waals surface area contributed by atoms with Crippen molar-refractivity contribution in [2.24, 2.45) is 5.41 Å². The number of hydrogen-bond acceptors (Lipinski definition) is 2. The summed E-state index contributed by atoms with van der Waals surface area (Å²) in [5, 5.41) is 0. The molecule has 1 aliphatic heterocycles. The predicted octanol–water partition coefficient (Wildman–Crippen LogP) is 4.17. The summed E-state index contributed by atoms with van der Waals surface area (Å²) in [6, 6.07) is 6.28. The SMILES string of the molecule is CCCC(C)(C)CCc1ccc2c(c1)OCO2. The molecule has 0 spiro atoms. The molecule has 1 aromatic rings.